The number of carbonyl (C=O) groups is 2. The van der Waals surface area contributed by atoms with Crippen LogP contribution in [0.25, 0.3) is 0 Å². The zero-order valence-electron chi connectivity index (χ0n) is 15.2. The molecule has 27 heavy (non-hydrogen) atoms. The summed E-state index contributed by atoms with van der Waals surface area (Å²) in [6.45, 7) is 3.92. The van der Waals surface area contributed by atoms with Crippen molar-refractivity contribution in [1.82, 2.24) is 10.9 Å². The van der Waals surface area contributed by atoms with Crippen molar-refractivity contribution < 1.29 is 14.3 Å². The molecule has 0 aliphatic rings. The highest BCUT2D eigenvalue weighted by atomic mass is 35.5. The van der Waals surface area contributed by atoms with Crippen molar-refractivity contribution in [3.8, 4) is 5.75 Å². The number of nitrogens with one attached hydrogen (secondary N) is 2. The van der Waals surface area contributed by atoms with Gasteiger partial charge in [0.25, 0.3) is 0 Å². The van der Waals surface area contributed by atoms with Crippen LogP contribution in [0.2, 0.25) is 10.0 Å². The Morgan fingerprint density at radius 2 is 1.74 bits per heavy atom. The second-order valence-electron chi connectivity index (χ2n) is 6.52. The quantitative estimate of drug-likeness (QED) is 0.530. The molecule has 0 heterocycles. The highest BCUT2D eigenvalue weighted by Crippen LogP contribution is 2.27. The summed E-state index contributed by atoms with van der Waals surface area (Å²) in [7, 11) is 0. The zero-order valence-corrected chi connectivity index (χ0v) is 16.7. The van der Waals surface area contributed by atoms with Gasteiger partial charge in [-0.25, -0.2) is 0 Å². The van der Waals surface area contributed by atoms with Crippen molar-refractivity contribution >= 4 is 35.0 Å². The lowest BCUT2D eigenvalue weighted by atomic mass is 9.84. The van der Waals surface area contributed by atoms with Crippen LogP contribution in [-0.4, -0.2) is 18.4 Å². The maximum Gasteiger partial charge on any atom is 0.248 e. The van der Waals surface area contributed by atoms with Crippen molar-refractivity contribution in [2.45, 2.75) is 32.1 Å². The first-order valence-corrected chi connectivity index (χ1v) is 9.29. The van der Waals surface area contributed by atoms with Gasteiger partial charge in [0, 0.05) is 11.4 Å². The molecule has 2 rings (SSSR count). The average molecular weight is 409 g/mol. The van der Waals surface area contributed by atoms with E-state index in [2.05, 4.69) is 10.9 Å². The Labute approximate surface area is 169 Å². The number of rotatable bonds is 7. The highest BCUT2D eigenvalue weighted by molar-refractivity contribution is 6.35. The third-order valence-electron chi connectivity index (χ3n) is 4.08. The van der Waals surface area contributed by atoms with E-state index in [-0.39, 0.29) is 18.2 Å². The molecule has 144 valence electrons. The van der Waals surface area contributed by atoms with Crippen LogP contribution in [0.3, 0.4) is 0 Å². The summed E-state index contributed by atoms with van der Waals surface area (Å²) in [5.74, 6) is -0.0661. The summed E-state index contributed by atoms with van der Waals surface area (Å²) in [4.78, 5) is 24.3. The molecular formula is C20H22Cl2N2O3. The van der Waals surface area contributed by atoms with E-state index >= 15 is 0 Å². The molecule has 0 fully saturated rings. The number of ether oxygens (including phenoxy) is 1. The summed E-state index contributed by atoms with van der Waals surface area (Å²) in [6.07, 6.45) is 0.681. The molecule has 0 spiro atoms. The molecule has 0 radical (unpaired) electrons. The second-order valence-corrected chi connectivity index (χ2v) is 7.36. The minimum atomic E-state index is -0.761. The van der Waals surface area contributed by atoms with Crippen molar-refractivity contribution in [2.75, 3.05) is 6.61 Å². The summed E-state index contributed by atoms with van der Waals surface area (Å²) in [5, 5.41) is 0.947. The fourth-order valence-corrected chi connectivity index (χ4v) is 2.80. The van der Waals surface area contributed by atoms with Crippen LogP contribution in [-0.2, 0) is 15.0 Å². The maximum absolute atomic E-state index is 12.4. The lowest BCUT2D eigenvalue weighted by molar-refractivity contribution is -0.131. The molecule has 2 N–H and O–H groups in total. The molecule has 2 aromatic rings. The largest absolute Gasteiger partial charge is 0.492 e. The van der Waals surface area contributed by atoms with Gasteiger partial charge in [0.1, 0.15) is 5.75 Å². The van der Waals surface area contributed by atoms with E-state index in [4.69, 9.17) is 27.9 Å². The fraction of sp³-hybridized carbons (Fsp3) is 0.300. The first kappa shape index (κ1) is 21.1. The minimum Gasteiger partial charge on any atom is -0.492 e. The number of benzene rings is 2. The third kappa shape index (κ3) is 6.15. The van der Waals surface area contributed by atoms with Gasteiger partial charge in [0.2, 0.25) is 11.8 Å². The first-order chi connectivity index (χ1) is 12.8. The van der Waals surface area contributed by atoms with Crippen LogP contribution in [0.15, 0.2) is 48.5 Å². The SMILES string of the molecule is CC(C)(C(=O)NNC(=O)CCCOc1ccc(Cl)cc1Cl)c1ccccc1. The van der Waals surface area contributed by atoms with E-state index in [9.17, 15) is 9.59 Å². The van der Waals surface area contributed by atoms with Crippen LogP contribution in [0, 0.1) is 0 Å². The molecule has 0 aromatic heterocycles. The summed E-state index contributed by atoms with van der Waals surface area (Å²) < 4.78 is 5.52. The Bertz CT molecular complexity index is 795. The van der Waals surface area contributed by atoms with Crippen molar-refractivity contribution in [2.24, 2.45) is 0 Å². The molecule has 0 saturated heterocycles. The Balaban J connectivity index is 1.72. The summed E-state index contributed by atoms with van der Waals surface area (Å²) in [6, 6.07) is 14.3. The average Bonchev–Trinajstić information content (AvgIpc) is 2.65. The standard InChI is InChI=1S/C20H22Cl2N2O3/c1-20(2,14-7-4-3-5-8-14)19(26)24-23-18(25)9-6-12-27-17-11-10-15(21)13-16(17)22/h3-5,7-8,10-11,13H,6,9,12H2,1-2H3,(H,23,25)(H,24,26). The smallest absolute Gasteiger partial charge is 0.248 e. The van der Waals surface area contributed by atoms with E-state index in [1.54, 1.807) is 32.0 Å². The first-order valence-electron chi connectivity index (χ1n) is 8.53. The van der Waals surface area contributed by atoms with E-state index in [1.165, 1.54) is 0 Å². The normalized spacial score (nSPS) is 11.0. The van der Waals surface area contributed by atoms with Gasteiger partial charge < -0.3 is 4.74 Å². The molecular weight excluding hydrogens is 387 g/mol. The van der Waals surface area contributed by atoms with Crippen molar-refractivity contribution in [1.29, 1.82) is 0 Å². The van der Waals surface area contributed by atoms with Gasteiger partial charge >= 0.3 is 0 Å². The Morgan fingerprint density at radius 1 is 1.04 bits per heavy atom. The van der Waals surface area contributed by atoms with Gasteiger partial charge in [-0.2, -0.15) is 0 Å². The monoisotopic (exact) mass is 408 g/mol. The lowest BCUT2D eigenvalue weighted by Crippen LogP contribution is -2.49. The van der Waals surface area contributed by atoms with Crippen molar-refractivity contribution in [3.63, 3.8) is 0 Å². The molecule has 7 heteroatoms. The Hall–Kier alpha value is -2.24. The van der Waals surface area contributed by atoms with Gasteiger partial charge in [0.15, 0.2) is 0 Å². The molecule has 0 atom stereocenters. The van der Waals surface area contributed by atoms with Crippen LogP contribution < -0.4 is 15.6 Å². The van der Waals surface area contributed by atoms with E-state index < -0.39 is 5.41 Å². The number of hydrazine groups is 1. The summed E-state index contributed by atoms with van der Waals surface area (Å²) in [5.41, 5.74) is 5.02. The van der Waals surface area contributed by atoms with E-state index in [0.717, 1.165) is 5.56 Å². The predicted molar refractivity (Wildman–Crippen MR) is 107 cm³/mol. The third-order valence-corrected chi connectivity index (χ3v) is 4.61. The van der Waals surface area contributed by atoms with Gasteiger partial charge in [-0.3, -0.25) is 20.4 Å². The van der Waals surface area contributed by atoms with Crippen LogP contribution >= 0.6 is 23.2 Å². The number of hydrogen-bond donors (Lipinski definition) is 2. The molecule has 0 saturated carbocycles. The number of halogens is 2. The molecule has 0 aliphatic carbocycles. The number of hydrogen-bond acceptors (Lipinski definition) is 3. The van der Waals surface area contributed by atoms with Crippen molar-refractivity contribution in [3.05, 3.63) is 64.1 Å². The second kappa shape index (κ2) is 9.62. The Morgan fingerprint density at radius 3 is 2.41 bits per heavy atom. The molecule has 2 amide bonds. The van der Waals surface area contributed by atoms with E-state index in [0.29, 0.717) is 28.8 Å². The minimum absolute atomic E-state index is 0.206. The van der Waals surface area contributed by atoms with Gasteiger partial charge in [-0.15, -0.1) is 0 Å². The maximum atomic E-state index is 12.4. The van der Waals surface area contributed by atoms with Crippen LogP contribution in [0.1, 0.15) is 32.3 Å². The molecule has 5 nitrogen and oxygen atoms in total. The molecule has 0 bridgehead atoms. The lowest BCUT2D eigenvalue weighted by Gasteiger charge is -2.24. The highest BCUT2D eigenvalue weighted by Gasteiger charge is 2.29. The molecule has 2 aromatic carbocycles. The van der Waals surface area contributed by atoms with Crippen LogP contribution in [0.5, 0.6) is 5.75 Å². The molecule has 0 unspecified atom stereocenters. The summed E-state index contributed by atoms with van der Waals surface area (Å²) >= 11 is 11.8. The molecule has 0 aliphatic heterocycles. The number of amides is 2. The fourth-order valence-electron chi connectivity index (χ4n) is 2.34. The van der Waals surface area contributed by atoms with E-state index in [1.807, 2.05) is 30.3 Å². The predicted octanol–water partition coefficient (Wildman–Crippen LogP) is 4.28. The van der Waals surface area contributed by atoms with Crippen LogP contribution in [0.4, 0.5) is 0 Å². The van der Waals surface area contributed by atoms with Gasteiger partial charge in [-0.05, 0) is 44.0 Å². The van der Waals surface area contributed by atoms with Gasteiger partial charge in [-0.1, -0.05) is 53.5 Å². The zero-order chi connectivity index (χ0) is 19.9. The Kier molecular flexibility index (Phi) is 7.51. The number of carbonyl (C=O) groups excluding carboxylic acids is 2. The topological polar surface area (TPSA) is 67.4 Å². The van der Waals surface area contributed by atoms with Gasteiger partial charge in [0.05, 0.1) is 17.0 Å².